The van der Waals surface area contributed by atoms with Gasteiger partial charge in [0.1, 0.15) is 0 Å². The SMILES string of the molecule is Cc1nn(C)c(C)c1CN(C)CC(=O)Nc1ccc(Br)cc1Cl. The van der Waals surface area contributed by atoms with Crippen molar-refractivity contribution in [2.24, 2.45) is 7.05 Å². The molecule has 1 N–H and O–H groups in total. The Kier molecular flexibility index (Phi) is 5.84. The highest BCUT2D eigenvalue weighted by atomic mass is 79.9. The van der Waals surface area contributed by atoms with E-state index in [1.54, 1.807) is 12.1 Å². The number of aryl methyl sites for hydroxylation is 2. The third-order valence-electron chi connectivity index (χ3n) is 3.71. The Balaban J connectivity index is 1.97. The molecule has 0 atom stereocenters. The molecule has 0 bridgehead atoms. The fourth-order valence-electron chi connectivity index (χ4n) is 2.40. The molecular formula is C16H20BrClN4O. The van der Waals surface area contributed by atoms with E-state index in [1.807, 2.05) is 43.6 Å². The molecule has 0 aliphatic rings. The monoisotopic (exact) mass is 398 g/mol. The Labute approximate surface area is 149 Å². The average Bonchev–Trinajstić information content (AvgIpc) is 2.68. The molecule has 1 aromatic carbocycles. The van der Waals surface area contributed by atoms with Crippen molar-refractivity contribution in [1.29, 1.82) is 0 Å². The topological polar surface area (TPSA) is 50.2 Å². The lowest BCUT2D eigenvalue weighted by Gasteiger charge is -2.17. The van der Waals surface area contributed by atoms with Crippen LogP contribution >= 0.6 is 27.5 Å². The summed E-state index contributed by atoms with van der Waals surface area (Å²) in [7, 11) is 3.84. The molecule has 2 aromatic rings. The Morgan fingerprint density at radius 1 is 1.43 bits per heavy atom. The second-order valence-electron chi connectivity index (χ2n) is 5.62. The molecule has 1 heterocycles. The first-order valence-electron chi connectivity index (χ1n) is 7.20. The summed E-state index contributed by atoms with van der Waals surface area (Å²) >= 11 is 9.46. The normalized spacial score (nSPS) is 11.1. The minimum Gasteiger partial charge on any atom is -0.324 e. The summed E-state index contributed by atoms with van der Waals surface area (Å²) in [6.07, 6.45) is 0. The fourth-order valence-corrected chi connectivity index (χ4v) is 3.12. The van der Waals surface area contributed by atoms with Gasteiger partial charge in [-0.1, -0.05) is 27.5 Å². The third kappa shape index (κ3) is 4.56. The largest absolute Gasteiger partial charge is 0.324 e. The number of nitrogens with zero attached hydrogens (tertiary/aromatic N) is 3. The van der Waals surface area contributed by atoms with Crippen LogP contribution in [0.5, 0.6) is 0 Å². The van der Waals surface area contributed by atoms with E-state index in [2.05, 4.69) is 26.3 Å². The van der Waals surface area contributed by atoms with Crippen molar-refractivity contribution in [2.75, 3.05) is 18.9 Å². The molecule has 124 valence electrons. The number of aromatic nitrogens is 2. The van der Waals surface area contributed by atoms with Gasteiger partial charge in [-0.15, -0.1) is 0 Å². The van der Waals surface area contributed by atoms with E-state index in [0.717, 1.165) is 21.4 Å². The molecule has 2 rings (SSSR count). The van der Waals surface area contributed by atoms with Crippen molar-refractivity contribution in [3.63, 3.8) is 0 Å². The summed E-state index contributed by atoms with van der Waals surface area (Å²) in [5.74, 6) is -0.101. The van der Waals surface area contributed by atoms with Crippen LogP contribution in [-0.4, -0.2) is 34.2 Å². The van der Waals surface area contributed by atoms with E-state index in [9.17, 15) is 4.79 Å². The van der Waals surface area contributed by atoms with Crippen molar-refractivity contribution in [2.45, 2.75) is 20.4 Å². The van der Waals surface area contributed by atoms with E-state index in [4.69, 9.17) is 11.6 Å². The number of anilines is 1. The Bertz CT molecular complexity index is 729. The second-order valence-corrected chi connectivity index (χ2v) is 6.94. The van der Waals surface area contributed by atoms with Crippen molar-refractivity contribution < 1.29 is 4.79 Å². The van der Waals surface area contributed by atoms with Gasteiger partial charge >= 0.3 is 0 Å². The zero-order valence-electron chi connectivity index (χ0n) is 13.7. The first-order chi connectivity index (χ1) is 10.8. The number of nitrogens with one attached hydrogen (secondary N) is 1. The molecule has 0 spiro atoms. The highest BCUT2D eigenvalue weighted by molar-refractivity contribution is 9.10. The van der Waals surface area contributed by atoms with Gasteiger partial charge in [0.05, 0.1) is 22.9 Å². The second kappa shape index (κ2) is 7.47. The number of halogens is 2. The van der Waals surface area contributed by atoms with Gasteiger partial charge < -0.3 is 5.32 Å². The van der Waals surface area contributed by atoms with Gasteiger partial charge in [-0.2, -0.15) is 5.10 Å². The lowest BCUT2D eigenvalue weighted by atomic mass is 10.2. The number of amides is 1. The van der Waals surface area contributed by atoms with E-state index in [-0.39, 0.29) is 12.5 Å². The van der Waals surface area contributed by atoms with Crippen molar-refractivity contribution in [1.82, 2.24) is 14.7 Å². The molecule has 1 amide bonds. The van der Waals surface area contributed by atoms with Crippen LogP contribution in [0.2, 0.25) is 5.02 Å². The standard InChI is InChI=1S/C16H20BrClN4O/c1-10-13(11(2)22(4)20-10)8-21(3)9-16(23)19-15-6-5-12(17)7-14(15)18/h5-7H,8-9H2,1-4H3,(H,19,23). The highest BCUT2D eigenvalue weighted by Gasteiger charge is 2.14. The molecule has 1 aromatic heterocycles. The van der Waals surface area contributed by atoms with Crippen molar-refractivity contribution >= 4 is 39.1 Å². The first-order valence-corrected chi connectivity index (χ1v) is 8.37. The van der Waals surface area contributed by atoms with Gasteiger partial charge in [-0.25, -0.2) is 0 Å². The van der Waals surface area contributed by atoms with Gasteiger partial charge in [0, 0.05) is 29.3 Å². The van der Waals surface area contributed by atoms with Gasteiger partial charge in [-0.3, -0.25) is 14.4 Å². The molecule has 5 nitrogen and oxygen atoms in total. The third-order valence-corrected chi connectivity index (χ3v) is 4.51. The Hall–Kier alpha value is -1.37. The van der Waals surface area contributed by atoms with E-state index in [0.29, 0.717) is 17.3 Å². The van der Waals surface area contributed by atoms with Crippen LogP contribution in [0.15, 0.2) is 22.7 Å². The predicted molar refractivity (Wildman–Crippen MR) is 96.8 cm³/mol. The number of carbonyl (C=O) groups excluding carboxylic acids is 1. The minimum atomic E-state index is -0.101. The van der Waals surface area contributed by atoms with E-state index >= 15 is 0 Å². The van der Waals surface area contributed by atoms with Gasteiger partial charge in [-0.05, 0) is 39.1 Å². The van der Waals surface area contributed by atoms with E-state index < -0.39 is 0 Å². The fraction of sp³-hybridized carbons (Fsp3) is 0.375. The molecule has 7 heteroatoms. The number of carbonyl (C=O) groups is 1. The summed E-state index contributed by atoms with van der Waals surface area (Å²) < 4.78 is 2.74. The number of rotatable bonds is 5. The lowest BCUT2D eigenvalue weighted by Crippen LogP contribution is -2.30. The number of likely N-dealkylation sites (N-methyl/N-ethyl adjacent to an activating group) is 1. The zero-order valence-corrected chi connectivity index (χ0v) is 16.0. The molecule has 0 fully saturated rings. The quantitative estimate of drug-likeness (QED) is 0.837. The number of hydrogen-bond donors (Lipinski definition) is 1. The first kappa shape index (κ1) is 18.0. The van der Waals surface area contributed by atoms with Crippen LogP contribution in [-0.2, 0) is 18.4 Å². The van der Waals surface area contributed by atoms with Crippen LogP contribution in [0, 0.1) is 13.8 Å². The molecule has 0 saturated carbocycles. The molecule has 0 aliphatic carbocycles. The van der Waals surface area contributed by atoms with Gasteiger partial charge in [0.25, 0.3) is 0 Å². The Morgan fingerprint density at radius 3 is 2.70 bits per heavy atom. The highest BCUT2D eigenvalue weighted by Crippen LogP contribution is 2.25. The average molecular weight is 400 g/mol. The number of hydrogen-bond acceptors (Lipinski definition) is 3. The van der Waals surface area contributed by atoms with E-state index in [1.165, 1.54) is 0 Å². The summed E-state index contributed by atoms with van der Waals surface area (Å²) in [5, 5.41) is 7.74. The van der Waals surface area contributed by atoms with Crippen LogP contribution < -0.4 is 5.32 Å². The minimum absolute atomic E-state index is 0.101. The molecule has 0 saturated heterocycles. The lowest BCUT2D eigenvalue weighted by molar-refractivity contribution is -0.117. The predicted octanol–water partition coefficient (Wildman–Crippen LogP) is 3.52. The molecule has 23 heavy (non-hydrogen) atoms. The summed E-state index contributed by atoms with van der Waals surface area (Å²) in [6, 6.07) is 5.37. The smallest absolute Gasteiger partial charge is 0.238 e. The van der Waals surface area contributed by atoms with Gasteiger partial charge in [0.2, 0.25) is 5.91 Å². The maximum Gasteiger partial charge on any atom is 0.238 e. The molecular weight excluding hydrogens is 380 g/mol. The molecule has 0 aliphatic heterocycles. The maximum atomic E-state index is 12.2. The summed E-state index contributed by atoms with van der Waals surface area (Å²) in [6.45, 7) is 4.97. The summed E-state index contributed by atoms with van der Waals surface area (Å²) in [5.41, 5.74) is 3.88. The Morgan fingerprint density at radius 2 is 2.13 bits per heavy atom. The van der Waals surface area contributed by atoms with Crippen LogP contribution in [0.25, 0.3) is 0 Å². The van der Waals surface area contributed by atoms with Gasteiger partial charge in [0.15, 0.2) is 0 Å². The van der Waals surface area contributed by atoms with Crippen molar-refractivity contribution in [3.05, 3.63) is 44.6 Å². The zero-order chi connectivity index (χ0) is 17.1. The summed E-state index contributed by atoms with van der Waals surface area (Å²) in [4.78, 5) is 14.1. The van der Waals surface area contributed by atoms with Crippen LogP contribution in [0.4, 0.5) is 5.69 Å². The van der Waals surface area contributed by atoms with Crippen LogP contribution in [0.1, 0.15) is 17.0 Å². The maximum absolute atomic E-state index is 12.2. The van der Waals surface area contributed by atoms with Crippen molar-refractivity contribution in [3.8, 4) is 0 Å². The molecule has 0 unspecified atom stereocenters. The van der Waals surface area contributed by atoms with Crippen LogP contribution in [0.3, 0.4) is 0 Å². The molecule has 0 radical (unpaired) electrons. The number of benzene rings is 1.